The fourth-order valence-corrected chi connectivity index (χ4v) is 9.30. The van der Waals surface area contributed by atoms with Gasteiger partial charge in [0.2, 0.25) is 0 Å². The number of rotatable bonds is 6. The molecule has 0 nitrogen and oxygen atoms in total. The van der Waals surface area contributed by atoms with E-state index in [-0.39, 0.29) is 17.1 Å². The minimum Gasteiger partial charge on any atom is -0.747 e. The summed E-state index contributed by atoms with van der Waals surface area (Å²) in [6.07, 6.45) is 0. The number of hydrogen-bond donors (Lipinski definition) is 0. The van der Waals surface area contributed by atoms with E-state index in [0.29, 0.717) is 0 Å². The number of benzene rings is 4. The Morgan fingerprint density at radius 2 is 0.732 bits per heavy atom. The zero-order chi connectivity index (χ0) is 27.9. The molecule has 0 amide bonds. The summed E-state index contributed by atoms with van der Waals surface area (Å²) in [4.78, 5) is 0. The zero-order valence-corrected chi connectivity index (χ0v) is 27.5. The Morgan fingerprint density at radius 3 is 1.05 bits per heavy atom. The average Bonchev–Trinajstić information content (AvgIpc) is 3.69. The first kappa shape index (κ1) is 32.0. The first-order valence-corrected chi connectivity index (χ1v) is 16.7. The van der Waals surface area contributed by atoms with Gasteiger partial charge in [0, 0.05) is 37.2 Å². The second-order valence-corrected chi connectivity index (χ2v) is 15.0. The molecule has 6 rings (SSSR count). The van der Waals surface area contributed by atoms with Crippen LogP contribution in [0.15, 0.2) is 146 Å². The Balaban J connectivity index is 0.000000184. The van der Waals surface area contributed by atoms with Crippen molar-refractivity contribution in [2.24, 2.45) is 0 Å². The van der Waals surface area contributed by atoms with E-state index in [4.69, 9.17) is 46.4 Å². The molecule has 0 aliphatic rings. The Hall–Kier alpha value is -1.88. The van der Waals surface area contributed by atoms with Gasteiger partial charge in [0.15, 0.2) is 0 Å². The number of hydrogen-bond acceptors (Lipinski definition) is 0. The monoisotopic (exact) mass is 690 g/mol. The molecule has 212 valence electrons. The minimum absolute atomic E-state index is 0. The van der Waals surface area contributed by atoms with Crippen molar-refractivity contribution < 1.29 is 17.1 Å². The van der Waals surface area contributed by atoms with Crippen molar-refractivity contribution >= 4 is 94.1 Å². The topological polar surface area (TPSA) is 0 Å². The van der Waals surface area contributed by atoms with E-state index in [2.05, 4.69) is 97.1 Å². The van der Waals surface area contributed by atoms with E-state index in [0.717, 1.165) is 20.1 Å². The molecular weight excluding hydrogens is 668 g/mol. The predicted octanol–water partition coefficient (Wildman–Crippen LogP) is 8.94. The van der Waals surface area contributed by atoms with Crippen LogP contribution >= 0.6 is 62.2 Å². The maximum Gasteiger partial charge on any atom is 0.0406 e. The van der Waals surface area contributed by atoms with E-state index in [9.17, 15) is 0 Å². The van der Waals surface area contributed by atoms with Crippen LogP contribution in [0.25, 0.3) is 0 Å². The molecule has 0 unspecified atom stereocenters. The molecular formula is C34H24Cl4FeP2-6. The van der Waals surface area contributed by atoms with Crippen LogP contribution in [0.5, 0.6) is 0 Å². The van der Waals surface area contributed by atoms with Crippen LogP contribution in [0.2, 0.25) is 20.1 Å². The van der Waals surface area contributed by atoms with E-state index in [1.807, 2.05) is 48.5 Å². The van der Waals surface area contributed by atoms with Gasteiger partial charge in [-0.1, -0.05) is 113 Å². The predicted molar refractivity (Wildman–Crippen MR) is 182 cm³/mol. The Morgan fingerprint density at radius 1 is 0.439 bits per heavy atom. The van der Waals surface area contributed by atoms with Gasteiger partial charge in [0.1, 0.15) is 0 Å². The van der Waals surface area contributed by atoms with Gasteiger partial charge in [-0.25, -0.2) is 20.1 Å². The van der Waals surface area contributed by atoms with Crippen LogP contribution in [0.3, 0.4) is 0 Å². The molecule has 0 N–H and O–H groups in total. The molecule has 41 heavy (non-hydrogen) atoms. The molecule has 6 aromatic rings. The Labute approximate surface area is 275 Å². The van der Waals surface area contributed by atoms with Crippen molar-refractivity contribution in [1.29, 1.82) is 0 Å². The third-order valence-electron chi connectivity index (χ3n) is 6.15. The fraction of sp³-hybridized carbons (Fsp3) is 0. The molecule has 0 saturated carbocycles. The van der Waals surface area contributed by atoms with Crippen LogP contribution in [-0.2, 0) is 17.1 Å². The molecule has 0 bridgehead atoms. The second kappa shape index (κ2) is 15.5. The molecule has 0 radical (unpaired) electrons. The summed E-state index contributed by atoms with van der Waals surface area (Å²) >= 11 is 24.0. The van der Waals surface area contributed by atoms with E-state index >= 15 is 0 Å². The normalized spacial score (nSPS) is 10.7. The fourth-order valence-electron chi connectivity index (χ4n) is 4.28. The average molecular weight is 692 g/mol. The summed E-state index contributed by atoms with van der Waals surface area (Å²) in [6.45, 7) is 0. The quantitative estimate of drug-likeness (QED) is 0.0930. The van der Waals surface area contributed by atoms with Crippen molar-refractivity contribution in [1.82, 2.24) is 0 Å². The Kier molecular flexibility index (Phi) is 12.2. The molecule has 0 spiro atoms. The van der Waals surface area contributed by atoms with Crippen molar-refractivity contribution in [3.63, 3.8) is 0 Å². The minimum atomic E-state index is -0.551. The molecule has 6 aromatic carbocycles. The van der Waals surface area contributed by atoms with Crippen molar-refractivity contribution in [2.75, 3.05) is 0 Å². The van der Waals surface area contributed by atoms with Crippen molar-refractivity contribution in [2.45, 2.75) is 0 Å². The molecule has 0 fully saturated rings. The van der Waals surface area contributed by atoms with Gasteiger partial charge in [0.05, 0.1) is 0 Å². The standard InChI is InChI=1S/2C17H12Cl2P.Fe/c2*18-13-5-9-16(10-6-13)20(15-3-1-2-4-15)17-11-7-14(19)8-12-17;/h2*1-12H;/q-5;-1;. The molecule has 0 aliphatic carbocycles. The zero-order valence-electron chi connectivity index (χ0n) is 21.6. The molecule has 7 heteroatoms. The maximum atomic E-state index is 6.00. The smallest absolute Gasteiger partial charge is 0.0406 e. The largest absolute Gasteiger partial charge is 0.747 e. The van der Waals surface area contributed by atoms with Gasteiger partial charge in [-0.2, -0.15) is 12.1 Å². The van der Waals surface area contributed by atoms with Crippen LogP contribution < -0.4 is 31.8 Å². The summed E-state index contributed by atoms with van der Waals surface area (Å²) in [5, 5.41) is 10.9. The van der Waals surface area contributed by atoms with E-state index in [1.54, 1.807) is 0 Å². The second-order valence-electron chi connectivity index (χ2n) is 8.86. The van der Waals surface area contributed by atoms with E-state index in [1.165, 1.54) is 31.8 Å². The maximum absolute atomic E-state index is 6.00. The van der Waals surface area contributed by atoms with Crippen LogP contribution in [0.1, 0.15) is 0 Å². The summed E-state index contributed by atoms with van der Waals surface area (Å²) in [5.74, 6) is 0. The van der Waals surface area contributed by atoms with Crippen molar-refractivity contribution in [3.8, 4) is 0 Å². The molecule has 0 saturated heterocycles. The van der Waals surface area contributed by atoms with Gasteiger partial charge in [-0.05, 0) is 59.1 Å². The van der Waals surface area contributed by atoms with Gasteiger partial charge in [-0.3, -0.25) is 0 Å². The van der Waals surface area contributed by atoms with Gasteiger partial charge in [-0.15, -0.1) is 5.30 Å². The SMILES string of the molecule is Clc1ccc(P(c2ccc(Cl)cc2)[c-]2[cH-][cH-][cH-][cH-]2)cc1.Clc1ccc(P(c2ccc(Cl)cc2)[c-]2cccc2)cc1.[Fe]. The van der Waals surface area contributed by atoms with E-state index < -0.39 is 15.8 Å². The molecule has 0 aromatic heterocycles. The molecule has 0 heterocycles. The first-order chi connectivity index (χ1) is 19.5. The van der Waals surface area contributed by atoms with Crippen molar-refractivity contribution in [3.05, 3.63) is 166 Å². The summed E-state index contributed by atoms with van der Waals surface area (Å²) < 4.78 is 0. The Bertz CT molecular complexity index is 1380. The van der Waals surface area contributed by atoms with Gasteiger partial charge < -0.3 is 29.6 Å². The summed E-state index contributed by atoms with van der Waals surface area (Å²) in [7, 11) is -1.10. The van der Waals surface area contributed by atoms with Crippen LogP contribution in [0.4, 0.5) is 0 Å². The van der Waals surface area contributed by atoms with Crippen LogP contribution in [0, 0.1) is 0 Å². The summed E-state index contributed by atoms with van der Waals surface area (Å²) in [5.41, 5.74) is 0. The van der Waals surface area contributed by atoms with Crippen LogP contribution in [-0.4, -0.2) is 0 Å². The summed E-state index contributed by atoms with van der Waals surface area (Å²) in [6, 6.07) is 49.5. The molecule has 0 atom stereocenters. The first-order valence-electron chi connectivity index (χ1n) is 12.5. The van der Waals surface area contributed by atoms with Gasteiger partial charge >= 0.3 is 0 Å². The van der Waals surface area contributed by atoms with Gasteiger partial charge in [0.25, 0.3) is 0 Å². The third-order valence-corrected chi connectivity index (χ3v) is 12.0. The molecule has 0 aliphatic heterocycles. The number of halogens is 4. The third kappa shape index (κ3) is 8.58.